The second-order valence-electron chi connectivity index (χ2n) is 5.52. The maximum absolute atomic E-state index is 12.3. The molecule has 0 atom stereocenters. The van der Waals surface area contributed by atoms with Crippen molar-refractivity contribution in [1.82, 2.24) is 10.3 Å². The van der Waals surface area contributed by atoms with E-state index < -0.39 is 0 Å². The molecule has 0 spiro atoms. The standard InChI is InChI=1S/C20H17N3OS/c1-14-6-5-13-21-18(14)22-20(25)23-19(24)17-11-9-16(10-12-17)15-7-3-2-4-8-15/h2-13H,1H3,(H2,21,22,23,24,25). The fraction of sp³-hybridized carbons (Fsp3) is 0.0500. The van der Waals surface area contributed by atoms with E-state index in [0.29, 0.717) is 11.4 Å². The molecule has 0 aliphatic heterocycles. The number of benzene rings is 2. The lowest BCUT2D eigenvalue weighted by atomic mass is 10.0. The molecule has 0 radical (unpaired) electrons. The lowest BCUT2D eigenvalue weighted by Gasteiger charge is -2.11. The molecular weight excluding hydrogens is 330 g/mol. The molecule has 2 aromatic carbocycles. The van der Waals surface area contributed by atoms with E-state index >= 15 is 0 Å². The molecule has 1 heterocycles. The summed E-state index contributed by atoms with van der Waals surface area (Å²) >= 11 is 5.19. The van der Waals surface area contributed by atoms with Crippen LogP contribution in [0.15, 0.2) is 72.9 Å². The molecule has 0 unspecified atom stereocenters. The average molecular weight is 347 g/mol. The van der Waals surface area contributed by atoms with Gasteiger partial charge in [-0.3, -0.25) is 10.1 Å². The Morgan fingerprint density at radius 2 is 1.60 bits per heavy atom. The van der Waals surface area contributed by atoms with Crippen LogP contribution in [-0.4, -0.2) is 16.0 Å². The topological polar surface area (TPSA) is 54.0 Å². The third-order valence-electron chi connectivity index (χ3n) is 3.72. The first-order valence-corrected chi connectivity index (χ1v) is 8.24. The lowest BCUT2D eigenvalue weighted by molar-refractivity contribution is 0.0978. The molecule has 25 heavy (non-hydrogen) atoms. The van der Waals surface area contributed by atoms with Gasteiger partial charge in [0.05, 0.1) is 0 Å². The number of aromatic nitrogens is 1. The van der Waals surface area contributed by atoms with Gasteiger partial charge in [-0.25, -0.2) is 4.98 Å². The van der Waals surface area contributed by atoms with Gasteiger partial charge in [0.1, 0.15) is 5.82 Å². The summed E-state index contributed by atoms with van der Waals surface area (Å²) in [6, 6.07) is 21.2. The van der Waals surface area contributed by atoms with Gasteiger partial charge >= 0.3 is 0 Å². The van der Waals surface area contributed by atoms with E-state index in [2.05, 4.69) is 15.6 Å². The van der Waals surface area contributed by atoms with Crippen LogP contribution in [0.25, 0.3) is 11.1 Å². The molecule has 5 heteroatoms. The smallest absolute Gasteiger partial charge is 0.257 e. The molecule has 1 aromatic heterocycles. The monoisotopic (exact) mass is 347 g/mol. The van der Waals surface area contributed by atoms with Crippen molar-refractivity contribution in [3.63, 3.8) is 0 Å². The first-order valence-electron chi connectivity index (χ1n) is 7.83. The number of nitrogens with zero attached hydrogens (tertiary/aromatic N) is 1. The van der Waals surface area contributed by atoms with Crippen LogP contribution in [0.5, 0.6) is 0 Å². The van der Waals surface area contributed by atoms with Crippen LogP contribution in [0.3, 0.4) is 0 Å². The number of thiocarbonyl (C=S) groups is 1. The second kappa shape index (κ2) is 7.68. The first-order chi connectivity index (χ1) is 12.1. The van der Waals surface area contributed by atoms with Crippen LogP contribution >= 0.6 is 12.2 Å². The molecule has 0 aliphatic rings. The van der Waals surface area contributed by atoms with E-state index in [0.717, 1.165) is 16.7 Å². The largest absolute Gasteiger partial charge is 0.317 e. The van der Waals surface area contributed by atoms with Crippen LogP contribution in [0, 0.1) is 6.92 Å². The zero-order valence-electron chi connectivity index (χ0n) is 13.7. The Hall–Kier alpha value is -3.05. The number of amides is 1. The van der Waals surface area contributed by atoms with Gasteiger partial charge in [0.2, 0.25) is 0 Å². The SMILES string of the molecule is Cc1cccnc1NC(=S)NC(=O)c1ccc(-c2ccccc2)cc1. The highest BCUT2D eigenvalue weighted by atomic mass is 32.1. The number of carbonyl (C=O) groups excluding carboxylic acids is 1. The van der Waals surface area contributed by atoms with Crippen molar-refractivity contribution in [2.45, 2.75) is 6.92 Å². The Balaban J connectivity index is 1.65. The third-order valence-corrected chi connectivity index (χ3v) is 3.93. The number of nitrogens with one attached hydrogen (secondary N) is 2. The van der Waals surface area contributed by atoms with Gasteiger partial charge in [-0.1, -0.05) is 48.5 Å². The van der Waals surface area contributed by atoms with Gasteiger partial charge in [0.15, 0.2) is 5.11 Å². The van der Waals surface area contributed by atoms with Crippen molar-refractivity contribution in [1.29, 1.82) is 0 Å². The van der Waals surface area contributed by atoms with Crippen molar-refractivity contribution in [3.8, 4) is 11.1 Å². The molecular formula is C20H17N3OS. The van der Waals surface area contributed by atoms with Crippen LogP contribution in [0.4, 0.5) is 5.82 Å². The molecule has 1 amide bonds. The minimum absolute atomic E-state index is 0.221. The van der Waals surface area contributed by atoms with E-state index in [4.69, 9.17) is 12.2 Å². The summed E-state index contributed by atoms with van der Waals surface area (Å²) < 4.78 is 0. The normalized spacial score (nSPS) is 10.1. The summed E-state index contributed by atoms with van der Waals surface area (Å²) in [6.07, 6.45) is 1.67. The van der Waals surface area contributed by atoms with E-state index in [-0.39, 0.29) is 11.0 Å². The number of pyridine rings is 1. The second-order valence-corrected chi connectivity index (χ2v) is 5.93. The number of hydrogen-bond acceptors (Lipinski definition) is 3. The number of rotatable bonds is 3. The van der Waals surface area contributed by atoms with Crippen LogP contribution in [-0.2, 0) is 0 Å². The number of hydrogen-bond donors (Lipinski definition) is 2. The molecule has 0 fully saturated rings. The molecule has 4 nitrogen and oxygen atoms in total. The summed E-state index contributed by atoms with van der Waals surface area (Å²) in [5, 5.41) is 5.83. The summed E-state index contributed by atoms with van der Waals surface area (Å²) in [7, 11) is 0. The zero-order valence-corrected chi connectivity index (χ0v) is 14.5. The van der Waals surface area contributed by atoms with Crippen molar-refractivity contribution in [2.75, 3.05) is 5.32 Å². The minimum atomic E-state index is -0.259. The maximum Gasteiger partial charge on any atom is 0.257 e. The molecule has 0 saturated carbocycles. The summed E-state index contributed by atoms with van der Waals surface area (Å²) in [4.78, 5) is 16.5. The third kappa shape index (κ3) is 4.28. The Kier molecular flexibility index (Phi) is 5.16. The molecule has 3 rings (SSSR count). The molecule has 0 aliphatic carbocycles. The Morgan fingerprint density at radius 3 is 2.28 bits per heavy atom. The first kappa shape index (κ1) is 16.8. The number of aryl methyl sites for hydroxylation is 1. The van der Waals surface area contributed by atoms with Crippen LogP contribution < -0.4 is 10.6 Å². The summed E-state index contributed by atoms with van der Waals surface area (Å²) in [6.45, 7) is 1.92. The van der Waals surface area contributed by atoms with Gasteiger partial charge in [-0.15, -0.1) is 0 Å². The van der Waals surface area contributed by atoms with Crippen molar-refractivity contribution in [3.05, 3.63) is 84.1 Å². The van der Waals surface area contributed by atoms with Gasteiger partial charge in [0.25, 0.3) is 5.91 Å². The fourth-order valence-electron chi connectivity index (χ4n) is 2.38. The average Bonchev–Trinajstić information content (AvgIpc) is 2.64. The van der Waals surface area contributed by atoms with Gasteiger partial charge < -0.3 is 5.32 Å². The van der Waals surface area contributed by atoms with Crippen molar-refractivity contribution < 1.29 is 4.79 Å². The van der Waals surface area contributed by atoms with E-state index in [1.165, 1.54) is 0 Å². The quantitative estimate of drug-likeness (QED) is 0.698. The van der Waals surface area contributed by atoms with Crippen molar-refractivity contribution >= 4 is 29.1 Å². The Bertz CT molecular complexity index is 892. The lowest BCUT2D eigenvalue weighted by Crippen LogP contribution is -2.34. The highest BCUT2D eigenvalue weighted by Crippen LogP contribution is 2.19. The predicted molar refractivity (Wildman–Crippen MR) is 105 cm³/mol. The summed E-state index contributed by atoms with van der Waals surface area (Å²) in [5.41, 5.74) is 3.66. The van der Waals surface area contributed by atoms with Gasteiger partial charge in [-0.05, 0) is 54.0 Å². The van der Waals surface area contributed by atoms with Gasteiger partial charge in [0, 0.05) is 11.8 Å². The van der Waals surface area contributed by atoms with Gasteiger partial charge in [-0.2, -0.15) is 0 Å². The van der Waals surface area contributed by atoms with Crippen LogP contribution in [0.1, 0.15) is 15.9 Å². The number of carbonyl (C=O) groups is 1. The maximum atomic E-state index is 12.3. The van der Waals surface area contributed by atoms with E-state index in [1.807, 2.05) is 61.5 Å². The predicted octanol–water partition coefficient (Wildman–Crippen LogP) is 4.18. The van der Waals surface area contributed by atoms with E-state index in [9.17, 15) is 4.79 Å². The van der Waals surface area contributed by atoms with E-state index in [1.54, 1.807) is 18.3 Å². The highest BCUT2D eigenvalue weighted by Gasteiger charge is 2.09. The Labute approximate surface area is 151 Å². The molecule has 124 valence electrons. The van der Waals surface area contributed by atoms with Crippen LogP contribution in [0.2, 0.25) is 0 Å². The highest BCUT2D eigenvalue weighted by molar-refractivity contribution is 7.80. The zero-order chi connectivity index (χ0) is 17.6. The molecule has 2 N–H and O–H groups in total. The number of anilines is 1. The Morgan fingerprint density at radius 1 is 0.920 bits per heavy atom. The molecule has 0 saturated heterocycles. The van der Waals surface area contributed by atoms with Crippen molar-refractivity contribution in [2.24, 2.45) is 0 Å². The minimum Gasteiger partial charge on any atom is -0.317 e. The summed E-state index contributed by atoms with van der Waals surface area (Å²) in [5.74, 6) is 0.373. The fourth-order valence-corrected chi connectivity index (χ4v) is 2.56. The molecule has 0 bridgehead atoms. The molecule has 3 aromatic rings.